The minimum atomic E-state index is -0.516. The van der Waals surface area contributed by atoms with Gasteiger partial charge in [0.15, 0.2) is 0 Å². The van der Waals surface area contributed by atoms with Crippen LogP contribution in [0.2, 0.25) is 0 Å². The van der Waals surface area contributed by atoms with Gasteiger partial charge in [0.25, 0.3) is 0 Å². The first-order valence-electron chi connectivity index (χ1n) is 7.09. The first kappa shape index (κ1) is 16.0. The Hall–Kier alpha value is -1.07. The molecule has 0 saturated heterocycles. The van der Waals surface area contributed by atoms with Crippen molar-refractivity contribution in [3.05, 3.63) is 11.6 Å². The Kier molecular flexibility index (Phi) is 8.25. The molecule has 0 aromatic heterocycles. The maximum Gasteiger partial charge on any atom is 0.314 e. The van der Waals surface area contributed by atoms with Gasteiger partial charge in [-0.1, -0.05) is 11.6 Å². The van der Waals surface area contributed by atoms with E-state index in [2.05, 4.69) is 16.7 Å². The molecule has 0 heterocycles. The molecular formula is C14H26N2O3. The third-order valence-electron chi connectivity index (χ3n) is 3.24. The molecule has 19 heavy (non-hydrogen) atoms. The zero-order valence-electron chi connectivity index (χ0n) is 11.8. The summed E-state index contributed by atoms with van der Waals surface area (Å²) in [6, 6.07) is -0.166. The van der Waals surface area contributed by atoms with Gasteiger partial charge in [-0.15, -0.1) is 0 Å². The summed E-state index contributed by atoms with van der Waals surface area (Å²) in [5.74, 6) is 0. The molecule has 1 rings (SSSR count). The molecule has 1 aliphatic carbocycles. The molecule has 1 aliphatic rings. The molecule has 0 aliphatic heterocycles. The molecule has 5 nitrogen and oxygen atoms in total. The standard InChI is InChI=1S/C14H26N2O3/c1-19-11-13(17)8-10-16-14(18)15-9-7-12-5-3-2-4-6-12/h5,13,17H,2-4,6-11H2,1H3,(H2,15,16,18). The average molecular weight is 270 g/mol. The van der Waals surface area contributed by atoms with E-state index >= 15 is 0 Å². The lowest BCUT2D eigenvalue weighted by atomic mass is 9.97. The predicted molar refractivity (Wildman–Crippen MR) is 75.1 cm³/mol. The van der Waals surface area contributed by atoms with E-state index in [-0.39, 0.29) is 6.03 Å². The molecule has 0 fully saturated rings. The number of aliphatic hydroxyl groups is 1. The van der Waals surface area contributed by atoms with Crippen molar-refractivity contribution < 1.29 is 14.6 Å². The minimum absolute atomic E-state index is 0.166. The van der Waals surface area contributed by atoms with Gasteiger partial charge in [-0.2, -0.15) is 0 Å². The predicted octanol–water partition coefficient (Wildman–Crippen LogP) is 1.57. The van der Waals surface area contributed by atoms with Crippen molar-refractivity contribution in [2.75, 3.05) is 26.8 Å². The highest BCUT2D eigenvalue weighted by atomic mass is 16.5. The van der Waals surface area contributed by atoms with E-state index in [1.807, 2.05) is 0 Å². The van der Waals surface area contributed by atoms with Crippen LogP contribution >= 0.6 is 0 Å². The van der Waals surface area contributed by atoms with Gasteiger partial charge < -0.3 is 20.5 Å². The molecular weight excluding hydrogens is 244 g/mol. The monoisotopic (exact) mass is 270 g/mol. The second-order valence-corrected chi connectivity index (χ2v) is 4.94. The topological polar surface area (TPSA) is 70.6 Å². The number of hydrogen-bond donors (Lipinski definition) is 3. The van der Waals surface area contributed by atoms with Gasteiger partial charge in [0.05, 0.1) is 12.7 Å². The van der Waals surface area contributed by atoms with E-state index in [9.17, 15) is 9.90 Å². The molecule has 0 aromatic carbocycles. The van der Waals surface area contributed by atoms with Crippen LogP contribution in [0.5, 0.6) is 0 Å². The highest BCUT2D eigenvalue weighted by molar-refractivity contribution is 5.73. The maximum absolute atomic E-state index is 11.5. The molecule has 1 atom stereocenters. The van der Waals surface area contributed by atoms with Crippen molar-refractivity contribution >= 4 is 6.03 Å². The molecule has 0 aromatic rings. The van der Waals surface area contributed by atoms with Crippen LogP contribution in [-0.2, 0) is 4.74 Å². The molecule has 0 saturated carbocycles. The Morgan fingerprint density at radius 2 is 2.21 bits per heavy atom. The molecule has 3 N–H and O–H groups in total. The summed E-state index contributed by atoms with van der Waals surface area (Å²) in [6.45, 7) is 1.44. The van der Waals surface area contributed by atoms with E-state index in [4.69, 9.17) is 4.74 Å². The smallest absolute Gasteiger partial charge is 0.314 e. The van der Waals surface area contributed by atoms with Crippen molar-refractivity contribution in [3.8, 4) is 0 Å². The number of allylic oxidation sites excluding steroid dienone is 1. The van der Waals surface area contributed by atoms with Crippen LogP contribution in [0.3, 0.4) is 0 Å². The van der Waals surface area contributed by atoms with Crippen molar-refractivity contribution in [1.29, 1.82) is 0 Å². The number of hydrogen-bond acceptors (Lipinski definition) is 3. The zero-order chi connectivity index (χ0) is 13.9. The average Bonchev–Trinajstić information content (AvgIpc) is 2.40. The maximum atomic E-state index is 11.5. The van der Waals surface area contributed by atoms with Crippen molar-refractivity contribution in [2.45, 2.75) is 44.6 Å². The number of ether oxygens (including phenoxy) is 1. The van der Waals surface area contributed by atoms with Gasteiger partial charge in [0.1, 0.15) is 0 Å². The lowest BCUT2D eigenvalue weighted by Crippen LogP contribution is -2.37. The molecule has 0 spiro atoms. The Morgan fingerprint density at radius 3 is 2.89 bits per heavy atom. The Labute approximate surface area is 115 Å². The number of carbonyl (C=O) groups excluding carboxylic acids is 1. The van der Waals surface area contributed by atoms with Crippen LogP contribution in [0.15, 0.2) is 11.6 Å². The summed E-state index contributed by atoms with van der Waals surface area (Å²) in [7, 11) is 1.54. The van der Waals surface area contributed by atoms with Crippen LogP contribution < -0.4 is 10.6 Å². The Balaban J connectivity index is 2.00. The summed E-state index contributed by atoms with van der Waals surface area (Å²) in [5, 5.41) is 15.0. The highest BCUT2D eigenvalue weighted by Crippen LogP contribution is 2.19. The first-order chi connectivity index (χ1) is 9.22. The van der Waals surface area contributed by atoms with Gasteiger partial charge >= 0.3 is 6.03 Å². The fourth-order valence-corrected chi connectivity index (χ4v) is 2.16. The third kappa shape index (κ3) is 7.85. The number of nitrogens with one attached hydrogen (secondary N) is 2. The normalized spacial score (nSPS) is 16.6. The molecule has 5 heteroatoms. The lowest BCUT2D eigenvalue weighted by molar-refractivity contribution is 0.0599. The van der Waals surface area contributed by atoms with Crippen molar-refractivity contribution in [2.24, 2.45) is 0 Å². The number of rotatable bonds is 8. The van der Waals surface area contributed by atoms with Crippen LogP contribution in [0.4, 0.5) is 4.79 Å². The van der Waals surface area contributed by atoms with Crippen LogP contribution in [0.25, 0.3) is 0 Å². The van der Waals surface area contributed by atoms with Gasteiger partial charge in [0, 0.05) is 20.2 Å². The largest absolute Gasteiger partial charge is 0.391 e. The summed E-state index contributed by atoms with van der Waals surface area (Å²) in [6.07, 6.45) is 8.15. The van der Waals surface area contributed by atoms with Gasteiger partial charge in [-0.25, -0.2) is 4.79 Å². The fraction of sp³-hybridized carbons (Fsp3) is 0.786. The summed E-state index contributed by atoms with van der Waals surface area (Å²) >= 11 is 0. The molecule has 1 unspecified atom stereocenters. The Morgan fingerprint density at radius 1 is 1.42 bits per heavy atom. The van der Waals surface area contributed by atoms with Crippen molar-refractivity contribution in [3.63, 3.8) is 0 Å². The summed E-state index contributed by atoms with van der Waals surface area (Å²) in [4.78, 5) is 11.5. The summed E-state index contributed by atoms with van der Waals surface area (Å²) in [5.41, 5.74) is 1.46. The van der Waals surface area contributed by atoms with Gasteiger partial charge in [0.2, 0.25) is 0 Å². The van der Waals surface area contributed by atoms with E-state index in [1.165, 1.54) is 31.3 Å². The van der Waals surface area contributed by atoms with Crippen molar-refractivity contribution in [1.82, 2.24) is 10.6 Å². The van der Waals surface area contributed by atoms with Crippen LogP contribution in [-0.4, -0.2) is 44.0 Å². The first-order valence-corrected chi connectivity index (χ1v) is 7.09. The third-order valence-corrected chi connectivity index (χ3v) is 3.24. The molecule has 110 valence electrons. The zero-order valence-corrected chi connectivity index (χ0v) is 11.8. The SMILES string of the molecule is COCC(O)CCNC(=O)NCCC1=CCCCC1. The van der Waals surface area contributed by atoms with Crippen LogP contribution in [0, 0.1) is 0 Å². The van der Waals surface area contributed by atoms with Gasteiger partial charge in [-0.3, -0.25) is 0 Å². The second kappa shape index (κ2) is 9.81. The quantitative estimate of drug-likeness (QED) is 0.586. The molecule has 0 bridgehead atoms. The number of aliphatic hydroxyl groups excluding tert-OH is 1. The van der Waals surface area contributed by atoms with E-state index < -0.39 is 6.10 Å². The Bertz CT molecular complexity index is 292. The van der Waals surface area contributed by atoms with Crippen LogP contribution in [0.1, 0.15) is 38.5 Å². The fourth-order valence-electron chi connectivity index (χ4n) is 2.16. The number of carbonyl (C=O) groups is 1. The van der Waals surface area contributed by atoms with E-state index in [0.29, 0.717) is 26.1 Å². The number of methoxy groups -OCH3 is 1. The molecule has 0 radical (unpaired) electrons. The second-order valence-electron chi connectivity index (χ2n) is 4.94. The highest BCUT2D eigenvalue weighted by Gasteiger charge is 2.06. The van der Waals surface area contributed by atoms with E-state index in [0.717, 1.165) is 6.42 Å². The van der Waals surface area contributed by atoms with Gasteiger partial charge in [-0.05, 0) is 38.5 Å². The number of amides is 2. The van der Waals surface area contributed by atoms with E-state index in [1.54, 1.807) is 7.11 Å². The number of urea groups is 1. The summed E-state index contributed by atoms with van der Waals surface area (Å²) < 4.78 is 4.81. The minimum Gasteiger partial charge on any atom is -0.391 e. The lowest BCUT2D eigenvalue weighted by Gasteiger charge is -2.14. The molecule has 2 amide bonds.